The van der Waals surface area contributed by atoms with Crippen molar-refractivity contribution in [2.24, 2.45) is 0 Å². The van der Waals surface area contributed by atoms with Crippen LogP contribution in [0, 0.1) is 0 Å². The van der Waals surface area contributed by atoms with Crippen molar-refractivity contribution in [3.8, 4) is 0 Å². The van der Waals surface area contributed by atoms with Crippen molar-refractivity contribution < 1.29 is 14.0 Å². The number of hydrogen-bond donors (Lipinski definition) is 1. The second-order valence-corrected chi connectivity index (χ2v) is 5.06. The molecule has 110 valence electrons. The van der Waals surface area contributed by atoms with Crippen LogP contribution in [0.2, 0.25) is 0 Å². The lowest BCUT2D eigenvalue weighted by Gasteiger charge is -2.36. The van der Waals surface area contributed by atoms with Crippen LogP contribution in [0.4, 0.5) is 0 Å². The molecule has 1 aliphatic rings. The molecule has 1 aromatic rings. The van der Waals surface area contributed by atoms with Gasteiger partial charge in [0.1, 0.15) is 11.8 Å². The maximum Gasteiger partial charge on any atom is 0.258 e. The monoisotopic (exact) mass is 279 g/mol. The van der Waals surface area contributed by atoms with Gasteiger partial charge in [0.25, 0.3) is 5.91 Å². The number of carbonyl (C=O) groups excluding carboxylic acids is 2. The summed E-state index contributed by atoms with van der Waals surface area (Å²) in [7, 11) is 3.41. The molecule has 20 heavy (non-hydrogen) atoms. The standard InChI is InChI=1S/C14H21N3O3/c1-4-12-10(5-8-20-12)13(18)17-7-6-15-9-11(17)14(19)16(2)3/h5,8,11,15H,4,6-7,9H2,1-3H3. The molecule has 0 aliphatic carbocycles. The van der Waals surface area contributed by atoms with Gasteiger partial charge in [-0.2, -0.15) is 0 Å². The Morgan fingerprint density at radius 2 is 2.25 bits per heavy atom. The van der Waals surface area contributed by atoms with Crippen LogP contribution in [0.5, 0.6) is 0 Å². The Kier molecular flexibility index (Phi) is 4.44. The molecule has 0 spiro atoms. The van der Waals surface area contributed by atoms with Crippen LogP contribution in [0.15, 0.2) is 16.7 Å². The molecule has 1 unspecified atom stereocenters. The fraction of sp³-hybridized carbons (Fsp3) is 0.571. The SMILES string of the molecule is CCc1occc1C(=O)N1CCNCC1C(=O)N(C)C. The van der Waals surface area contributed by atoms with E-state index >= 15 is 0 Å². The Balaban J connectivity index is 2.24. The maximum absolute atomic E-state index is 12.6. The number of aryl methyl sites for hydroxylation is 1. The first-order chi connectivity index (χ1) is 9.56. The van der Waals surface area contributed by atoms with E-state index in [1.165, 1.54) is 11.2 Å². The number of nitrogens with zero attached hydrogens (tertiary/aromatic N) is 2. The van der Waals surface area contributed by atoms with Crippen LogP contribution >= 0.6 is 0 Å². The zero-order valence-corrected chi connectivity index (χ0v) is 12.2. The highest BCUT2D eigenvalue weighted by Gasteiger charge is 2.34. The molecule has 6 heteroatoms. The van der Waals surface area contributed by atoms with Gasteiger partial charge in [-0.3, -0.25) is 9.59 Å². The van der Waals surface area contributed by atoms with E-state index < -0.39 is 6.04 Å². The summed E-state index contributed by atoms with van der Waals surface area (Å²) in [5, 5.41) is 3.16. The number of hydrogen-bond acceptors (Lipinski definition) is 4. The molecule has 1 N–H and O–H groups in total. The molecule has 0 aromatic carbocycles. The zero-order valence-electron chi connectivity index (χ0n) is 12.2. The Morgan fingerprint density at radius 1 is 1.50 bits per heavy atom. The van der Waals surface area contributed by atoms with E-state index in [1.54, 1.807) is 25.1 Å². The Hall–Kier alpha value is -1.82. The summed E-state index contributed by atoms with van der Waals surface area (Å²) in [5.41, 5.74) is 0.561. The highest BCUT2D eigenvalue weighted by atomic mass is 16.3. The number of piperazine rings is 1. The van der Waals surface area contributed by atoms with E-state index in [0.29, 0.717) is 37.4 Å². The van der Waals surface area contributed by atoms with Gasteiger partial charge in [-0.1, -0.05) is 6.92 Å². The summed E-state index contributed by atoms with van der Waals surface area (Å²) in [5.74, 6) is 0.481. The number of furan rings is 1. The summed E-state index contributed by atoms with van der Waals surface area (Å²) >= 11 is 0. The number of carbonyl (C=O) groups is 2. The van der Waals surface area contributed by atoms with Crippen molar-refractivity contribution in [1.82, 2.24) is 15.1 Å². The minimum atomic E-state index is -0.453. The molecule has 1 atom stereocenters. The summed E-state index contributed by atoms with van der Waals surface area (Å²) in [4.78, 5) is 28.0. The molecule has 2 amide bonds. The molecule has 1 aliphatic heterocycles. The summed E-state index contributed by atoms with van der Waals surface area (Å²) in [6.07, 6.45) is 2.18. The minimum Gasteiger partial charge on any atom is -0.469 e. The summed E-state index contributed by atoms with van der Waals surface area (Å²) in [6, 6.07) is 1.23. The van der Waals surface area contributed by atoms with Gasteiger partial charge in [0.15, 0.2) is 0 Å². The van der Waals surface area contributed by atoms with E-state index in [1.807, 2.05) is 6.92 Å². The van der Waals surface area contributed by atoms with E-state index in [0.717, 1.165) is 0 Å². The summed E-state index contributed by atoms with van der Waals surface area (Å²) < 4.78 is 5.31. The van der Waals surface area contributed by atoms with Crippen LogP contribution < -0.4 is 5.32 Å². The molecule has 0 saturated carbocycles. The quantitative estimate of drug-likeness (QED) is 0.867. The third-order valence-electron chi connectivity index (χ3n) is 3.53. The largest absolute Gasteiger partial charge is 0.469 e. The van der Waals surface area contributed by atoms with Crippen LogP contribution in [0.1, 0.15) is 23.0 Å². The van der Waals surface area contributed by atoms with Gasteiger partial charge < -0.3 is 19.5 Å². The molecule has 1 saturated heterocycles. The fourth-order valence-corrected chi connectivity index (χ4v) is 2.43. The first-order valence-corrected chi connectivity index (χ1v) is 6.85. The van der Waals surface area contributed by atoms with E-state index in [4.69, 9.17) is 4.42 Å². The summed E-state index contributed by atoms with van der Waals surface area (Å²) in [6.45, 7) is 3.65. The highest BCUT2D eigenvalue weighted by molar-refractivity contribution is 5.98. The van der Waals surface area contributed by atoms with Crippen LogP contribution in [0.3, 0.4) is 0 Å². The number of amides is 2. The van der Waals surface area contributed by atoms with Crippen LogP contribution in [-0.2, 0) is 11.2 Å². The van der Waals surface area contributed by atoms with Gasteiger partial charge in [-0.05, 0) is 6.07 Å². The van der Waals surface area contributed by atoms with E-state index in [-0.39, 0.29) is 11.8 Å². The van der Waals surface area contributed by atoms with Gasteiger partial charge in [0.2, 0.25) is 5.91 Å². The van der Waals surface area contributed by atoms with Gasteiger partial charge in [0.05, 0.1) is 11.8 Å². The lowest BCUT2D eigenvalue weighted by atomic mass is 10.1. The minimum absolute atomic E-state index is 0.0629. The van der Waals surface area contributed by atoms with Gasteiger partial charge in [-0.15, -0.1) is 0 Å². The van der Waals surface area contributed by atoms with Gasteiger partial charge in [-0.25, -0.2) is 0 Å². The maximum atomic E-state index is 12.6. The predicted octanol–water partition coefficient (Wildman–Crippen LogP) is 0.344. The number of nitrogens with one attached hydrogen (secondary N) is 1. The Labute approximate surface area is 118 Å². The predicted molar refractivity (Wildman–Crippen MR) is 74.5 cm³/mol. The third-order valence-corrected chi connectivity index (χ3v) is 3.53. The number of likely N-dealkylation sites (N-methyl/N-ethyl adjacent to an activating group) is 1. The number of rotatable bonds is 3. The van der Waals surface area contributed by atoms with Crippen molar-refractivity contribution in [2.75, 3.05) is 33.7 Å². The molecule has 6 nitrogen and oxygen atoms in total. The second-order valence-electron chi connectivity index (χ2n) is 5.06. The normalized spacial score (nSPS) is 18.9. The average Bonchev–Trinajstić information content (AvgIpc) is 2.94. The van der Waals surface area contributed by atoms with Gasteiger partial charge in [0, 0.05) is 40.2 Å². The highest BCUT2D eigenvalue weighted by Crippen LogP contribution is 2.17. The Morgan fingerprint density at radius 3 is 2.90 bits per heavy atom. The molecule has 2 heterocycles. The van der Waals surface area contributed by atoms with Gasteiger partial charge >= 0.3 is 0 Å². The smallest absolute Gasteiger partial charge is 0.258 e. The van der Waals surface area contributed by atoms with Crippen molar-refractivity contribution in [2.45, 2.75) is 19.4 Å². The first kappa shape index (κ1) is 14.6. The lowest BCUT2D eigenvalue weighted by Crippen LogP contribution is -2.59. The molecule has 0 bridgehead atoms. The molecule has 1 fully saturated rings. The lowest BCUT2D eigenvalue weighted by molar-refractivity contribution is -0.134. The molecular weight excluding hydrogens is 258 g/mol. The molecular formula is C14H21N3O3. The Bertz CT molecular complexity index is 496. The fourth-order valence-electron chi connectivity index (χ4n) is 2.43. The molecule has 1 aromatic heterocycles. The van der Waals surface area contributed by atoms with Crippen molar-refractivity contribution in [3.05, 3.63) is 23.7 Å². The first-order valence-electron chi connectivity index (χ1n) is 6.85. The third kappa shape index (κ3) is 2.70. The zero-order chi connectivity index (χ0) is 14.7. The van der Waals surface area contributed by atoms with E-state index in [2.05, 4.69) is 5.32 Å². The van der Waals surface area contributed by atoms with Crippen LogP contribution in [-0.4, -0.2) is 61.4 Å². The topological polar surface area (TPSA) is 65.8 Å². The van der Waals surface area contributed by atoms with Crippen molar-refractivity contribution in [1.29, 1.82) is 0 Å². The average molecular weight is 279 g/mol. The van der Waals surface area contributed by atoms with E-state index in [9.17, 15) is 9.59 Å². The van der Waals surface area contributed by atoms with Crippen molar-refractivity contribution in [3.63, 3.8) is 0 Å². The van der Waals surface area contributed by atoms with Crippen molar-refractivity contribution >= 4 is 11.8 Å². The molecule has 2 rings (SSSR count). The van der Waals surface area contributed by atoms with Crippen LogP contribution in [0.25, 0.3) is 0 Å². The molecule has 0 radical (unpaired) electrons. The second kappa shape index (κ2) is 6.09.